The maximum Gasteiger partial charge on any atom is 0.410 e. The summed E-state index contributed by atoms with van der Waals surface area (Å²) in [7, 11) is 11.7. The molecule has 6 aromatic rings. The Morgan fingerprint density at radius 2 is 1.01 bits per heavy atom. The molecule has 448 valence electrons. The van der Waals surface area contributed by atoms with Crippen LogP contribution in [0.5, 0.6) is 11.5 Å². The van der Waals surface area contributed by atoms with Crippen molar-refractivity contribution in [3.63, 3.8) is 0 Å². The maximum atomic E-state index is 13.4. The molecule has 2 fully saturated rings. The van der Waals surface area contributed by atoms with Gasteiger partial charge < -0.3 is 64.3 Å². The Bertz CT molecular complexity index is 3070. The number of hydrogen-bond acceptors (Lipinski definition) is 15. The van der Waals surface area contributed by atoms with Gasteiger partial charge in [0.15, 0.2) is 0 Å². The number of nitrogens with zero attached hydrogens (tertiary/aromatic N) is 5. The molecule has 5 amide bonds. The summed E-state index contributed by atoms with van der Waals surface area (Å²) >= 11 is 11.8. The largest absolute Gasteiger partial charge is 0.492 e. The fourth-order valence-corrected chi connectivity index (χ4v) is 9.53. The Labute approximate surface area is 507 Å². The third kappa shape index (κ3) is 19.0. The summed E-state index contributed by atoms with van der Waals surface area (Å²) in [6, 6.07) is 17.7. The van der Waals surface area contributed by atoms with E-state index >= 15 is 0 Å². The van der Waals surface area contributed by atoms with Gasteiger partial charge in [0, 0.05) is 60.7 Å². The topological polar surface area (TPSA) is 235 Å². The number of aromatic nitrogens is 2. The van der Waals surface area contributed by atoms with Gasteiger partial charge in [-0.05, 0) is 168 Å². The monoisotopic (exact) mass is 1230 g/mol. The molecule has 8 rings (SSSR count). The first-order chi connectivity index (χ1) is 37.7. The van der Waals surface area contributed by atoms with Crippen LogP contribution in [0.3, 0.4) is 0 Å². The molecule has 0 bridgehead atoms. The zero-order chi connectivity index (χ0) is 57.0. The molecule has 0 spiro atoms. The van der Waals surface area contributed by atoms with E-state index in [9.17, 15) is 24.0 Å². The van der Waals surface area contributed by atoms with E-state index in [1.807, 2.05) is 7.05 Å². The fourth-order valence-electron chi connectivity index (χ4n) is 9.31. The van der Waals surface area contributed by atoms with Gasteiger partial charge in [-0.2, -0.15) is 0 Å². The van der Waals surface area contributed by atoms with E-state index in [1.165, 1.54) is 17.3 Å². The molecule has 25 heteroatoms. The van der Waals surface area contributed by atoms with Crippen LogP contribution in [0.2, 0.25) is 10.0 Å². The van der Waals surface area contributed by atoms with E-state index in [-0.39, 0.29) is 90.5 Å². The van der Waals surface area contributed by atoms with Crippen LogP contribution in [0.4, 0.5) is 27.8 Å². The summed E-state index contributed by atoms with van der Waals surface area (Å²) in [6.07, 6.45) is 9.25. The number of fused-ring (bicyclic) bond motifs is 2. The Morgan fingerprint density at radius 1 is 0.598 bits per heavy atom. The maximum absolute atomic E-state index is 13.4. The molecule has 5 N–H and O–H groups in total. The highest BCUT2D eigenvalue weighted by Gasteiger charge is 2.32. The van der Waals surface area contributed by atoms with Crippen molar-refractivity contribution in [1.29, 1.82) is 0 Å². The third-order valence-corrected chi connectivity index (χ3v) is 14.2. The van der Waals surface area contributed by atoms with E-state index in [1.54, 1.807) is 88.5 Å². The molecule has 82 heavy (non-hydrogen) atoms. The van der Waals surface area contributed by atoms with Gasteiger partial charge in [-0.1, -0.05) is 23.2 Å². The van der Waals surface area contributed by atoms with Crippen LogP contribution in [0.15, 0.2) is 81.9 Å². The minimum absolute atomic E-state index is 0. The number of nitrogens with one attached hydrogen (secondary N) is 5. The van der Waals surface area contributed by atoms with E-state index in [2.05, 4.69) is 74.5 Å². The van der Waals surface area contributed by atoms with Crippen molar-refractivity contribution in [3.8, 4) is 11.5 Å². The summed E-state index contributed by atoms with van der Waals surface area (Å²) in [5, 5.41) is 16.5. The van der Waals surface area contributed by atoms with Crippen molar-refractivity contribution in [2.45, 2.75) is 89.8 Å². The molecule has 0 atom stereocenters. The van der Waals surface area contributed by atoms with Crippen LogP contribution in [-0.2, 0) is 14.3 Å². The van der Waals surface area contributed by atoms with Gasteiger partial charge in [-0.25, -0.2) is 14.8 Å². The van der Waals surface area contributed by atoms with Gasteiger partial charge in [0.25, 0.3) is 11.8 Å². The molecular weight excluding hydrogens is 1160 g/mol. The number of anilines is 4. The normalized spacial score (nSPS) is 16.7. The Kier molecular flexibility index (Phi) is 26.3. The Balaban J connectivity index is 0.000000345. The zero-order valence-corrected chi connectivity index (χ0v) is 51.5. The molecule has 0 radical (unpaired) electrons. The molecular formula is C57H75Cl5N10O10. The summed E-state index contributed by atoms with van der Waals surface area (Å²) in [6.45, 7) is 7.07. The molecule has 2 aromatic carbocycles. The molecule has 0 unspecified atom stereocenters. The highest BCUT2D eigenvalue weighted by molar-refractivity contribution is 6.30. The molecule has 4 aromatic heterocycles. The second-order valence-corrected chi connectivity index (χ2v) is 22.1. The van der Waals surface area contributed by atoms with E-state index in [0.717, 1.165) is 51.4 Å². The van der Waals surface area contributed by atoms with Gasteiger partial charge in [0.2, 0.25) is 23.3 Å². The standard InChI is InChI=1S/C31H40ClN5O6.C26H32ClN5O4.3ClH/c1-31(2,3)43-30(40)37(6)15-16-41-22-12-13-24-23(17-22)26(35-28(38)19-7-10-21(11-8-19)36(4)5)27(42-24)29(39)34-25-14-9-20(32)18-33-25;1-28-12-13-35-19-9-10-21-20(14-19)23(31-25(33)16-4-7-18(8-5-16)32(2)3)24(36-21)26(34)30-22-11-6-17(27)15-29-22;;;/h9,12-14,17-19,21H,7-8,10-11,15-16H2,1-6H3,(H,35,38)(H,33,34,39);6,9-11,14-16,18,28H,4-5,7-8,12-13H2,1-3H3,(H,31,33)(H,29,30,34);3*1H. The van der Waals surface area contributed by atoms with Crippen LogP contribution < -0.4 is 36.1 Å². The van der Waals surface area contributed by atoms with Crippen molar-refractivity contribution >= 4 is 135 Å². The minimum Gasteiger partial charge on any atom is -0.492 e. The van der Waals surface area contributed by atoms with E-state index in [0.29, 0.717) is 86.8 Å². The van der Waals surface area contributed by atoms with Crippen LogP contribution in [0.25, 0.3) is 21.9 Å². The van der Waals surface area contributed by atoms with Crippen LogP contribution in [0, 0.1) is 11.8 Å². The highest BCUT2D eigenvalue weighted by Crippen LogP contribution is 2.38. The van der Waals surface area contributed by atoms with Crippen LogP contribution >= 0.6 is 60.4 Å². The van der Waals surface area contributed by atoms with Gasteiger partial charge in [-0.3, -0.25) is 19.2 Å². The van der Waals surface area contributed by atoms with Crippen molar-refractivity contribution in [2.24, 2.45) is 11.8 Å². The second-order valence-electron chi connectivity index (χ2n) is 21.2. The summed E-state index contributed by atoms with van der Waals surface area (Å²) < 4.78 is 29.0. The summed E-state index contributed by atoms with van der Waals surface area (Å²) in [4.78, 5) is 79.6. The van der Waals surface area contributed by atoms with Crippen LogP contribution in [-0.4, -0.2) is 141 Å². The number of hydrogen-bond donors (Lipinski definition) is 5. The van der Waals surface area contributed by atoms with Gasteiger partial charge in [-0.15, -0.1) is 37.2 Å². The fraction of sp³-hybridized carbons (Fsp3) is 0.456. The molecule has 0 saturated heterocycles. The summed E-state index contributed by atoms with van der Waals surface area (Å²) in [5.74, 6) is -0.0249. The number of carbonyl (C=O) groups is 5. The first-order valence-corrected chi connectivity index (χ1v) is 27.2. The van der Waals surface area contributed by atoms with Crippen molar-refractivity contribution in [3.05, 3.63) is 94.6 Å². The predicted molar refractivity (Wildman–Crippen MR) is 328 cm³/mol. The average Bonchev–Trinajstić information content (AvgIpc) is 4.22. The predicted octanol–water partition coefficient (Wildman–Crippen LogP) is 11.7. The van der Waals surface area contributed by atoms with Gasteiger partial charge in [0.1, 0.15) is 64.5 Å². The number of furan rings is 2. The number of rotatable bonds is 18. The lowest BCUT2D eigenvalue weighted by Gasteiger charge is -2.31. The number of pyridine rings is 2. The molecule has 4 heterocycles. The number of amides is 5. The second kappa shape index (κ2) is 31.5. The molecule has 2 aliphatic carbocycles. The first-order valence-electron chi connectivity index (χ1n) is 26.4. The van der Waals surface area contributed by atoms with Crippen molar-refractivity contribution < 1.29 is 47.0 Å². The molecule has 2 saturated carbocycles. The lowest BCUT2D eigenvalue weighted by molar-refractivity contribution is -0.121. The van der Waals surface area contributed by atoms with Gasteiger partial charge in [0.05, 0.1) is 16.6 Å². The highest BCUT2D eigenvalue weighted by atomic mass is 35.5. The Morgan fingerprint density at radius 3 is 1.38 bits per heavy atom. The Hall–Kier alpha value is -6.10. The third-order valence-electron chi connectivity index (χ3n) is 13.8. The lowest BCUT2D eigenvalue weighted by atomic mass is 9.85. The van der Waals surface area contributed by atoms with Crippen molar-refractivity contribution in [1.82, 2.24) is 30.0 Å². The molecule has 2 aliphatic rings. The number of halogens is 5. The zero-order valence-electron chi connectivity index (χ0n) is 47.5. The van der Waals surface area contributed by atoms with E-state index < -0.39 is 23.5 Å². The lowest BCUT2D eigenvalue weighted by Crippen LogP contribution is -2.36. The number of carbonyl (C=O) groups excluding carboxylic acids is 5. The van der Waals surface area contributed by atoms with E-state index in [4.69, 9.17) is 46.2 Å². The SMILES string of the molecule is CN(CCOc1ccc2oc(C(=O)Nc3ccc(Cl)cn3)c(NC(=O)C3CCC(N(C)C)CC3)c2c1)C(=O)OC(C)(C)C.CNCCOc1ccc2oc(C(=O)Nc3ccc(Cl)cn3)c(NC(=O)C3CCC(N(C)C)CC3)c2c1.Cl.Cl.Cl. The molecule has 0 aliphatic heterocycles. The number of ether oxygens (including phenoxy) is 3. The number of likely N-dealkylation sites (N-methyl/N-ethyl adjacent to an activating group) is 2. The van der Waals surface area contributed by atoms with Crippen LogP contribution in [0.1, 0.15) is 93.2 Å². The number of benzene rings is 2. The smallest absolute Gasteiger partial charge is 0.410 e. The van der Waals surface area contributed by atoms with Crippen molar-refractivity contribution in [2.75, 3.05) is 89.9 Å². The molecule has 20 nitrogen and oxygen atoms in total. The minimum atomic E-state index is -0.599. The summed E-state index contributed by atoms with van der Waals surface area (Å²) in [5.41, 5.74) is 0.863. The average molecular weight is 1240 g/mol. The first kappa shape index (κ1) is 68.4. The quantitative estimate of drug-likeness (QED) is 0.0503. The van der Waals surface area contributed by atoms with Gasteiger partial charge >= 0.3 is 6.09 Å².